The zero-order chi connectivity index (χ0) is 15.1. The quantitative estimate of drug-likeness (QED) is 0.847. The minimum atomic E-state index is 0.341. The Morgan fingerprint density at radius 1 is 1.10 bits per heavy atom. The summed E-state index contributed by atoms with van der Waals surface area (Å²) < 4.78 is 0. The Hall–Kier alpha value is -1.71. The second-order valence-corrected chi connectivity index (χ2v) is 5.50. The first-order chi connectivity index (χ1) is 10.2. The molecular weight excluding hydrogens is 258 g/mol. The molecule has 0 saturated heterocycles. The average Bonchev–Trinajstić information content (AvgIpc) is 2.55. The van der Waals surface area contributed by atoms with Crippen LogP contribution in [0.4, 0.5) is 0 Å². The molecule has 21 heavy (non-hydrogen) atoms. The van der Waals surface area contributed by atoms with Crippen molar-refractivity contribution < 1.29 is 0 Å². The molecule has 0 radical (unpaired) electrons. The summed E-state index contributed by atoms with van der Waals surface area (Å²) in [6.45, 7) is 3.32. The number of benzene rings is 1. The molecule has 0 saturated carbocycles. The third kappa shape index (κ3) is 4.38. The molecule has 0 spiro atoms. The van der Waals surface area contributed by atoms with Gasteiger partial charge in [-0.25, -0.2) is 0 Å². The summed E-state index contributed by atoms with van der Waals surface area (Å²) in [7, 11) is 4.23. The fourth-order valence-corrected chi connectivity index (χ4v) is 2.66. The van der Waals surface area contributed by atoms with Gasteiger partial charge in [0.05, 0.1) is 0 Å². The van der Waals surface area contributed by atoms with E-state index in [0.717, 1.165) is 13.0 Å². The molecule has 1 aromatic heterocycles. The molecular formula is C18H25N3. The van der Waals surface area contributed by atoms with E-state index in [1.54, 1.807) is 0 Å². The van der Waals surface area contributed by atoms with E-state index in [2.05, 4.69) is 71.6 Å². The summed E-state index contributed by atoms with van der Waals surface area (Å²) in [4.78, 5) is 6.48. The van der Waals surface area contributed by atoms with Crippen molar-refractivity contribution >= 4 is 0 Å². The first-order valence-electron chi connectivity index (χ1n) is 7.53. The van der Waals surface area contributed by atoms with E-state index in [4.69, 9.17) is 0 Å². The van der Waals surface area contributed by atoms with Crippen molar-refractivity contribution in [2.75, 3.05) is 20.6 Å². The molecule has 0 bridgehead atoms. The smallest absolute Gasteiger partial charge is 0.0472 e. The van der Waals surface area contributed by atoms with Gasteiger partial charge < -0.3 is 10.2 Å². The summed E-state index contributed by atoms with van der Waals surface area (Å²) in [5.74, 6) is 0. The van der Waals surface area contributed by atoms with Gasteiger partial charge in [-0.2, -0.15) is 0 Å². The highest BCUT2D eigenvalue weighted by molar-refractivity contribution is 5.20. The van der Waals surface area contributed by atoms with Gasteiger partial charge in [0.1, 0.15) is 0 Å². The van der Waals surface area contributed by atoms with Crippen LogP contribution in [0.5, 0.6) is 0 Å². The maximum atomic E-state index is 4.07. The van der Waals surface area contributed by atoms with E-state index in [9.17, 15) is 0 Å². The molecule has 3 heteroatoms. The summed E-state index contributed by atoms with van der Waals surface area (Å²) in [6.07, 6.45) is 4.77. The third-order valence-electron chi connectivity index (χ3n) is 4.15. The molecule has 2 unspecified atom stereocenters. The SMILES string of the molecule is CNC(c1ccccc1)C(C)N(C)CCc1ccncc1. The van der Waals surface area contributed by atoms with Crippen molar-refractivity contribution in [3.63, 3.8) is 0 Å². The molecule has 0 fully saturated rings. The number of nitrogens with zero attached hydrogens (tertiary/aromatic N) is 2. The van der Waals surface area contributed by atoms with E-state index < -0.39 is 0 Å². The van der Waals surface area contributed by atoms with Gasteiger partial charge in [-0.15, -0.1) is 0 Å². The minimum Gasteiger partial charge on any atom is -0.312 e. The highest BCUT2D eigenvalue weighted by Gasteiger charge is 2.20. The lowest BCUT2D eigenvalue weighted by molar-refractivity contribution is 0.214. The Balaban J connectivity index is 1.96. The highest BCUT2D eigenvalue weighted by atomic mass is 15.2. The molecule has 112 valence electrons. The predicted molar refractivity (Wildman–Crippen MR) is 88.3 cm³/mol. The number of likely N-dealkylation sites (N-methyl/N-ethyl adjacent to an activating group) is 2. The van der Waals surface area contributed by atoms with Gasteiger partial charge in [0, 0.05) is 31.0 Å². The largest absolute Gasteiger partial charge is 0.312 e. The Morgan fingerprint density at radius 3 is 2.38 bits per heavy atom. The number of nitrogens with one attached hydrogen (secondary N) is 1. The Morgan fingerprint density at radius 2 is 1.76 bits per heavy atom. The van der Waals surface area contributed by atoms with Gasteiger partial charge in [-0.05, 0) is 50.7 Å². The molecule has 0 aliphatic heterocycles. The van der Waals surface area contributed by atoms with Crippen LogP contribution < -0.4 is 5.32 Å². The van der Waals surface area contributed by atoms with Crippen LogP contribution in [0, 0.1) is 0 Å². The van der Waals surface area contributed by atoms with Gasteiger partial charge in [0.25, 0.3) is 0 Å². The Kier molecular flexibility index (Phi) is 5.90. The normalized spacial score (nSPS) is 14.1. The molecule has 2 aromatic rings. The maximum Gasteiger partial charge on any atom is 0.0472 e. The molecule has 1 heterocycles. The van der Waals surface area contributed by atoms with E-state index in [1.807, 2.05) is 19.4 Å². The minimum absolute atomic E-state index is 0.341. The third-order valence-corrected chi connectivity index (χ3v) is 4.15. The summed E-state index contributed by atoms with van der Waals surface area (Å²) in [5.41, 5.74) is 2.67. The van der Waals surface area contributed by atoms with Crippen LogP contribution in [0.25, 0.3) is 0 Å². The lowest BCUT2D eigenvalue weighted by Gasteiger charge is -2.32. The molecule has 2 atom stereocenters. The van der Waals surface area contributed by atoms with Gasteiger partial charge >= 0.3 is 0 Å². The van der Waals surface area contributed by atoms with Crippen LogP contribution in [0.15, 0.2) is 54.9 Å². The van der Waals surface area contributed by atoms with E-state index in [0.29, 0.717) is 12.1 Å². The molecule has 0 amide bonds. The van der Waals surface area contributed by atoms with Gasteiger partial charge in [0.15, 0.2) is 0 Å². The van der Waals surface area contributed by atoms with Crippen LogP contribution in [0.2, 0.25) is 0 Å². The zero-order valence-corrected chi connectivity index (χ0v) is 13.2. The number of rotatable bonds is 7. The van der Waals surface area contributed by atoms with E-state index in [-0.39, 0.29) is 0 Å². The Bertz CT molecular complexity index is 513. The fourth-order valence-electron chi connectivity index (χ4n) is 2.66. The Labute approximate surface area is 128 Å². The van der Waals surface area contributed by atoms with Crippen LogP contribution in [-0.2, 0) is 6.42 Å². The van der Waals surface area contributed by atoms with Crippen molar-refractivity contribution in [3.8, 4) is 0 Å². The van der Waals surface area contributed by atoms with Crippen LogP contribution >= 0.6 is 0 Å². The molecule has 0 aliphatic carbocycles. The van der Waals surface area contributed by atoms with E-state index in [1.165, 1.54) is 11.1 Å². The lowest BCUT2D eigenvalue weighted by atomic mass is 9.99. The maximum absolute atomic E-state index is 4.07. The molecule has 2 rings (SSSR count). The van der Waals surface area contributed by atoms with Crippen molar-refractivity contribution in [1.29, 1.82) is 0 Å². The fraction of sp³-hybridized carbons (Fsp3) is 0.389. The van der Waals surface area contributed by atoms with Gasteiger partial charge in [0.2, 0.25) is 0 Å². The predicted octanol–water partition coefficient (Wildman–Crippen LogP) is 2.91. The van der Waals surface area contributed by atoms with Crippen molar-refractivity contribution in [3.05, 3.63) is 66.0 Å². The van der Waals surface area contributed by atoms with Crippen LogP contribution in [0.1, 0.15) is 24.1 Å². The van der Waals surface area contributed by atoms with Gasteiger partial charge in [-0.1, -0.05) is 30.3 Å². The van der Waals surface area contributed by atoms with Crippen molar-refractivity contribution in [2.24, 2.45) is 0 Å². The number of aromatic nitrogens is 1. The molecule has 3 nitrogen and oxygen atoms in total. The standard InChI is InChI=1S/C18H25N3/c1-15(18(19-2)17-7-5-4-6-8-17)21(3)14-11-16-9-12-20-13-10-16/h4-10,12-13,15,18-19H,11,14H2,1-3H3. The number of pyridine rings is 1. The van der Waals surface area contributed by atoms with E-state index >= 15 is 0 Å². The first kappa shape index (κ1) is 15.7. The van der Waals surface area contributed by atoms with Gasteiger partial charge in [-0.3, -0.25) is 4.98 Å². The summed E-state index contributed by atoms with van der Waals surface area (Å²) >= 11 is 0. The monoisotopic (exact) mass is 283 g/mol. The van der Waals surface area contributed by atoms with Crippen molar-refractivity contribution in [1.82, 2.24) is 15.2 Å². The summed E-state index contributed by atoms with van der Waals surface area (Å²) in [6, 6.07) is 15.6. The lowest BCUT2D eigenvalue weighted by Crippen LogP contribution is -2.40. The summed E-state index contributed by atoms with van der Waals surface area (Å²) in [5, 5.41) is 3.45. The first-order valence-corrected chi connectivity index (χ1v) is 7.53. The number of hydrogen-bond donors (Lipinski definition) is 1. The highest BCUT2D eigenvalue weighted by Crippen LogP contribution is 2.19. The average molecular weight is 283 g/mol. The van der Waals surface area contributed by atoms with Crippen LogP contribution in [0.3, 0.4) is 0 Å². The molecule has 1 N–H and O–H groups in total. The zero-order valence-electron chi connectivity index (χ0n) is 13.2. The number of hydrogen-bond acceptors (Lipinski definition) is 3. The van der Waals surface area contributed by atoms with Crippen molar-refractivity contribution in [2.45, 2.75) is 25.4 Å². The topological polar surface area (TPSA) is 28.2 Å². The second kappa shape index (κ2) is 7.91. The molecule has 1 aromatic carbocycles. The molecule has 0 aliphatic rings. The second-order valence-electron chi connectivity index (χ2n) is 5.50. The van der Waals surface area contributed by atoms with Crippen LogP contribution in [-0.4, -0.2) is 36.6 Å².